The van der Waals surface area contributed by atoms with Crippen molar-refractivity contribution in [1.82, 2.24) is 15.4 Å². The van der Waals surface area contributed by atoms with Gasteiger partial charge in [-0.3, -0.25) is 4.99 Å². The first-order chi connectivity index (χ1) is 12.7. The summed E-state index contributed by atoms with van der Waals surface area (Å²) in [4.78, 5) is 4.29. The van der Waals surface area contributed by atoms with Gasteiger partial charge in [0.2, 0.25) is 10.0 Å². The van der Waals surface area contributed by atoms with Gasteiger partial charge in [-0.1, -0.05) is 64.3 Å². The standard InChI is InChI=1S/C20H36N4O2S.HI/c1-6-7-8-13-20(2,3)16-24-19(21-4)23-14-17-9-11-18(12-10-17)15-27(25,26)22-5;/h9-12,22H,6-8,13-16H2,1-5H3,(H2,21,23,24);1H. The Bertz CT molecular complexity index is 689. The minimum Gasteiger partial charge on any atom is -0.356 e. The predicted octanol–water partition coefficient (Wildman–Crippen LogP) is 3.63. The van der Waals surface area contributed by atoms with Crippen LogP contribution in [-0.2, 0) is 22.3 Å². The maximum atomic E-state index is 11.6. The number of aliphatic imine (C=N–C) groups is 1. The first-order valence-corrected chi connectivity index (χ1v) is 11.3. The van der Waals surface area contributed by atoms with Crippen LogP contribution in [0.3, 0.4) is 0 Å². The molecule has 0 radical (unpaired) electrons. The number of unbranched alkanes of at least 4 members (excludes halogenated alkanes) is 2. The largest absolute Gasteiger partial charge is 0.356 e. The molecule has 0 spiro atoms. The molecule has 0 aliphatic rings. The van der Waals surface area contributed by atoms with Crippen molar-refractivity contribution in [2.45, 2.75) is 58.8 Å². The Balaban J connectivity index is 0.00000729. The molecule has 0 aliphatic heterocycles. The maximum absolute atomic E-state index is 11.6. The smallest absolute Gasteiger partial charge is 0.215 e. The van der Waals surface area contributed by atoms with Crippen LogP contribution in [0.4, 0.5) is 0 Å². The average molecular weight is 525 g/mol. The molecule has 0 aromatic heterocycles. The zero-order valence-electron chi connectivity index (χ0n) is 17.8. The summed E-state index contributed by atoms with van der Waals surface area (Å²) in [6.07, 6.45) is 4.98. The van der Waals surface area contributed by atoms with E-state index in [1.807, 2.05) is 24.3 Å². The predicted molar refractivity (Wildman–Crippen MR) is 130 cm³/mol. The van der Waals surface area contributed by atoms with E-state index in [1.165, 1.54) is 32.7 Å². The number of rotatable bonds is 11. The third-order valence-corrected chi connectivity index (χ3v) is 5.90. The highest BCUT2D eigenvalue weighted by Crippen LogP contribution is 2.22. The molecule has 1 aromatic carbocycles. The average Bonchev–Trinajstić information content (AvgIpc) is 2.63. The summed E-state index contributed by atoms with van der Waals surface area (Å²) in [5, 5.41) is 6.72. The van der Waals surface area contributed by atoms with Crippen molar-refractivity contribution < 1.29 is 8.42 Å². The van der Waals surface area contributed by atoms with Gasteiger partial charge < -0.3 is 10.6 Å². The van der Waals surface area contributed by atoms with E-state index in [0.29, 0.717) is 6.54 Å². The molecule has 0 atom stereocenters. The Morgan fingerprint density at radius 3 is 2.21 bits per heavy atom. The Morgan fingerprint density at radius 1 is 1.07 bits per heavy atom. The molecule has 0 unspecified atom stereocenters. The van der Waals surface area contributed by atoms with Crippen molar-refractivity contribution >= 4 is 40.0 Å². The molecule has 1 aromatic rings. The number of nitrogens with one attached hydrogen (secondary N) is 3. The molecule has 8 heteroatoms. The fourth-order valence-corrected chi connectivity index (χ4v) is 3.49. The highest BCUT2D eigenvalue weighted by atomic mass is 127. The lowest BCUT2D eigenvalue weighted by atomic mass is 9.87. The van der Waals surface area contributed by atoms with Gasteiger partial charge in [0.05, 0.1) is 5.75 Å². The van der Waals surface area contributed by atoms with Crippen molar-refractivity contribution in [2.24, 2.45) is 10.4 Å². The monoisotopic (exact) mass is 524 g/mol. The van der Waals surface area contributed by atoms with Gasteiger partial charge in [0.25, 0.3) is 0 Å². The first-order valence-electron chi connectivity index (χ1n) is 9.65. The van der Waals surface area contributed by atoms with E-state index < -0.39 is 10.0 Å². The van der Waals surface area contributed by atoms with Crippen molar-refractivity contribution in [3.63, 3.8) is 0 Å². The van der Waals surface area contributed by atoms with Gasteiger partial charge >= 0.3 is 0 Å². The third kappa shape index (κ3) is 11.2. The summed E-state index contributed by atoms with van der Waals surface area (Å²) < 4.78 is 25.5. The molecule has 0 aliphatic carbocycles. The van der Waals surface area contributed by atoms with Gasteiger partial charge in [0, 0.05) is 20.1 Å². The quantitative estimate of drug-likeness (QED) is 0.179. The summed E-state index contributed by atoms with van der Waals surface area (Å²) >= 11 is 0. The molecule has 6 nitrogen and oxygen atoms in total. The van der Waals surface area contributed by atoms with Gasteiger partial charge in [0.1, 0.15) is 0 Å². The van der Waals surface area contributed by atoms with Crippen LogP contribution in [0.1, 0.15) is 57.6 Å². The van der Waals surface area contributed by atoms with E-state index in [4.69, 9.17) is 0 Å². The molecule has 0 saturated heterocycles. The fourth-order valence-electron chi connectivity index (χ4n) is 2.72. The molecule has 1 rings (SSSR count). The molecule has 0 heterocycles. The lowest BCUT2D eigenvalue weighted by Crippen LogP contribution is -2.41. The summed E-state index contributed by atoms with van der Waals surface area (Å²) in [5.41, 5.74) is 2.07. The lowest BCUT2D eigenvalue weighted by molar-refractivity contribution is 0.318. The summed E-state index contributed by atoms with van der Waals surface area (Å²) in [6.45, 7) is 8.29. The van der Waals surface area contributed by atoms with Crippen LogP contribution >= 0.6 is 24.0 Å². The summed E-state index contributed by atoms with van der Waals surface area (Å²) in [7, 11) is -0.0429. The SMILES string of the molecule is CCCCCC(C)(C)CNC(=NC)NCc1ccc(CS(=O)(=O)NC)cc1.I. The van der Waals surface area contributed by atoms with Crippen molar-refractivity contribution in [3.05, 3.63) is 35.4 Å². The summed E-state index contributed by atoms with van der Waals surface area (Å²) in [5.74, 6) is 0.772. The number of sulfonamides is 1. The van der Waals surface area contributed by atoms with Crippen LogP contribution in [0.2, 0.25) is 0 Å². The number of hydrogen-bond donors (Lipinski definition) is 3. The Labute approximate surface area is 188 Å². The van der Waals surface area contributed by atoms with E-state index in [2.05, 4.69) is 41.1 Å². The number of halogens is 1. The first kappa shape index (κ1) is 27.1. The zero-order chi connectivity index (χ0) is 20.3. The molecule has 0 amide bonds. The van der Waals surface area contributed by atoms with Gasteiger partial charge in [-0.2, -0.15) is 0 Å². The second kappa shape index (κ2) is 13.4. The molecule has 162 valence electrons. The molecular formula is C20H37IN4O2S. The number of hydrogen-bond acceptors (Lipinski definition) is 3. The fraction of sp³-hybridized carbons (Fsp3) is 0.650. The minimum atomic E-state index is -3.24. The van der Waals surface area contributed by atoms with Crippen molar-refractivity contribution in [3.8, 4) is 0 Å². The van der Waals surface area contributed by atoms with Crippen molar-refractivity contribution in [2.75, 3.05) is 20.6 Å². The second-order valence-corrected chi connectivity index (χ2v) is 9.61. The Kier molecular flexibility index (Phi) is 13.0. The molecule has 3 N–H and O–H groups in total. The molecule has 0 fully saturated rings. The number of nitrogens with zero attached hydrogens (tertiary/aromatic N) is 1. The number of guanidine groups is 1. The van der Waals surface area contributed by atoms with Crippen LogP contribution in [0.25, 0.3) is 0 Å². The maximum Gasteiger partial charge on any atom is 0.215 e. The van der Waals surface area contributed by atoms with E-state index in [9.17, 15) is 8.42 Å². The molecule has 0 saturated carbocycles. The van der Waals surface area contributed by atoms with E-state index in [1.54, 1.807) is 7.05 Å². The van der Waals surface area contributed by atoms with Gasteiger partial charge in [-0.15, -0.1) is 24.0 Å². The van der Waals surface area contributed by atoms with Crippen LogP contribution in [0.15, 0.2) is 29.3 Å². The van der Waals surface area contributed by atoms with E-state index in [0.717, 1.165) is 23.6 Å². The highest BCUT2D eigenvalue weighted by molar-refractivity contribution is 14.0. The Morgan fingerprint density at radius 2 is 1.68 bits per heavy atom. The molecule has 0 bridgehead atoms. The van der Waals surface area contributed by atoms with Gasteiger partial charge in [-0.25, -0.2) is 13.1 Å². The van der Waals surface area contributed by atoms with E-state index >= 15 is 0 Å². The van der Waals surface area contributed by atoms with Crippen molar-refractivity contribution in [1.29, 1.82) is 0 Å². The topological polar surface area (TPSA) is 82.6 Å². The molecular weight excluding hydrogens is 487 g/mol. The normalized spacial score (nSPS) is 12.4. The highest BCUT2D eigenvalue weighted by Gasteiger charge is 2.17. The second-order valence-electron chi connectivity index (χ2n) is 7.68. The lowest BCUT2D eigenvalue weighted by Gasteiger charge is -2.26. The van der Waals surface area contributed by atoms with Gasteiger partial charge in [-0.05, 0) is 30.0 Å². The third-order valence-electron chi connectivity index (χ3n) is 4.57. The Hall–Kier alpha value is -0.870. The zero-order valence-corrected chi connectivity index (χ0v) is 21.0. The van der Waals surface area contributed by atoms with Crippen LogP contribution < -0.4 is 15.4 Å². The number of benzene rings is 1. The van der Waals surface area contributed by atoms with E-state index in [-0.39, 0.29) is 35.1 Å². The van der Waals surface area contributed by atoms with Gasteiger partial charge in [0.15, 0.2) is 5.96 Å². The van der Waals surface area contributed by atoms with Crippen LogP contribution in [-0.4, -0.2) is 35.0 Å². The summed E-state index contributed by atoms with van der Waals surface area (Å²) in [6, 6.07) is 7.57. The minimum absolute atomic E-state index is 0. The van der Waals surface area contributed by atoms with Crippen LogP contribution in [0, 0.1) is 5.41 Å². The van der Waals surface area contributed by atoms with Crippen LogP contribution in [0.5, 0.6) is 0 Å². The molecule has 28 heavy (non-hydrogen) atoms.